The van der Waals surface area contributed by atoms with Crippen LogP contribution in [0.25, 0.3) is 0 Å². The molecule has 19 heavy (non-hydrogen) atoms. The third kappa shape index (κ3) is 2.64. The second kappa shape index (κ2) is 5.10. The van der Waals surface area contributed by atoms with E-state index in [0.717, 1.165) is 6.07 Å². The maximum Gasteiger partial charge on any atom is 0.255 e. The smallest absolute Gasteiger partial charge is 0.255 e. The Morgan fingerprint density at radius 3 is 2.53 bits per heavy atom. The first-order chi connectivity index (χ1) is 9.11. The lowest BCUT2D eigenvalue weighted by Crippen LogP contribution is -2.12. The average molecular weight is 254 g/mol. The van der Waals surface area contributed by atoms with Crippen molar-refractivity contribution in [1.29, 1.82) is 5.26 Å². The number of phenols is 2. The number of benzene rings is 2. The van der Waals surface area contributed by atoms with E-state index in [4.69, 9.17) is 5.26 Å². The maximum absolute atomic E-state index is 11.9. The lowest BCUT2D eigenvalue weighted by atomic mass is 10.1. The summed E-state index contributed by atoms with van der Waals surface area (Å²) in [6.07, 6.45) is 0. The van der Waals surface area contributed by atoms with Crippen LogP contribution in [0, 0.1) is 11.3 Å². The second-order valence-electron chi connectivity index (χ2n) is 3.82. The number of amides is 1. The summed E-state index contributed by atoms with van der Waals surface area (Å²) in [7, 11) is 0. The fourth-order valence-corrected chi connectivity index (χ4v) is 1.55. The molecule has 0 bridgehead atoms. The zero-order valence-corrected chi connectivity index (χ0v) is 9.79. The first-order valence-corrected chi connectivity index (χ1v) is 5.44. The molecule has 2 rings (SSSR count). The lowest BCUT2D eigenvalue weighted by Gasteiger charge is -2.07. The molecule has 0 aliphatic heterocycles. The number of carbonyl (C=O) groups excluding carboxylic acids is 1. The van der Waals surface area contributed by atoms with Gasteiger partial charge in [0.1, 0.15) is 6.07 Å². The van der Waals surface area contributed by atoms with Gasteiger partial charge in [-0.05, 0) is 30.3 Å². The number of carbonyl (C=O) groups is 1. The van der Waals surface area contributed by atoms with E-state index in [-0.39, 0.29) is 17.1 Å². The fraction of sp³-hybridized carbons (Fsp3) is 0. The lowest BCUT2D eigenvalue weighted by molar-refractivity contribution is 0.102. The number of hydrogen-bond acceptors (Lipinski definition) is 4. The summed E-state index contributed by atoms with van der Waals surface area (Å²) in [5.41, 5.74) is 0.921. The average Bonchev–Trinajstić information content (AvgIpc) is 2.42. The summed E-state index contributed by atoms with van der Waals surface area (Å²) in [6.45, 7) is 0. The molecule has 2 aromatic rings. The molecule has 2 aromatic carbocycles. The molecule has 0 spiro atoms. The molecule has 0 heterocycles. The number of hydrogen-bond donors (Lipinski definition) is 3. The highest BCUT2D eigenvalue weighted by molar-refractivity contribution is 6.05. The van der Waals surface area contributed by atoms with Gasteiger partial charge >= 0.3 is 0 Å². The van der Waals surface area contributed by atoms with Crippen LogP contribution < -0.4 is 5.32 Å². The zero-order chi connectivity index (χ0) is 13.8. The molecule has 0 radical (unpaired) electrons. The van der Waals surface area contributed by atoms with Gasteiger partial charge in [-0.2, -0.15) is 5.26 Å². The SMILES string of the molecule is N#Cc1ccccc1NC(=O)c1ccc(O)c(O)c1. The molecule has 0 aromatic heterocycles. The first-order valence-electron chi connectivity index (χ1n) is 5.44. The van der Waals surface area contributed by atoms with Crippen molar-refractivity contribution in [3.63, 3.8) is 0 Å². The Bertz CT molecular complexity index is 675. The van der Waals surface area contributed by atoms with Crippen molar-refractivity contribution >= 4 is 11.6 Å². The normalized spacial score (nSPS) is 9.63. The number of para-hydroxylation sites is 1. The minimum Gasteiger partial charge on any atom is -0.504 e. The third-order valence-electron chi connectivity index (χ3n) is 2.53. The van der Waals surface area contributed by atoms with Crippen molar-refractivity contribution < 1.29 is 15.0 Å². The summed E-state index contributed by atoms with van der Waals surface area (Å²) >= 11 is 0. The van der Waals surface area contributed by atoms with Crippen LogP contribution in [-0.4, -0.2) is 16.1 Å². The maximum atomic E-state index is 11.9. The van der Waals surface area contributed by atoms with Crippen molar-refractivity contribution in [2.75, 3.05) is 5.32 Å². The summed E-state index contributed by atoms with van der Waals surface area (Å²) in [4.78, 5) is 11.9. The number of aromatic hydroxyl groups is 2. The van der Waals surface area contributed by atoms with Crippen LogP contribution in [0.4, 0.5) is 5.69 Å². The van der Waals surface area contributed by atoms with Crippen LogP contribution in [0.3, 0.4) is 0 Å². The molecule has 5 heteroatoms. The van der Waals surface area contributed by atoms with Crippen LogP contribution in [0.2, 0.25) is 0 Å². The topological polar surface area (TPSA) is 93.4 Å². The number of nitrogens with zero attached hydrogens (tertiary/aromatic N) is 1. The summed E-state index contributed by atoms with van der Waals surface area (Å²) in [5, 5.41) is 30.0. The van der Waals surface area contributed by atoms with Gasteiger partial charge in [-0.15, -0.1) is 0 Å². The van der Waals surface area contributed by atoms with Gasteiger partial charge in [-0.25, -0.2) is 0 Å². The molecule has 3 N–H and O–H groups in total. The van der Waals surface area contributed by atoms with Gasteiger partial charge in [0.2, 0.25) is 0 Å². The van der Waals surface area contributed by atoms with Crippen molar-refractivity contribution in [3.8, 4) is 17.6 Å². The third-order valence-corrected chi connectivity index (χ3v) is 2.53. The Hall–Kier alpha value is -3.00. The highest BCUT2D eigenvalue weighted by Gasteiger charge is 2.10. The van der Waals surface area contributed by atoms with Crippen molar-refractivity contribution in [1.82, 2.24) is 0 Å². The Morgan fingerprint density at radius 1 is 1.11 bits per heavy atom. The minimum atomic E-state index is -0.474. The van der Waals surface area contributed by atoms with Gasteiger partial charge in [0.05, 0.1) is 11.3 Å². The molecular weight excluding hydrogens is 244 g/mol. The Labute approximate surface area is 109 Å². The molecule has 1 amide bonds. The van der Waals surface area contributed by atoms with E-state index in [1.165, 1.54) is 12.1 Å². The molecule has 0 unspecified atom stereocenters. The van der Waals surface area contributed by atoms with Crippen molar-refractivity contribution in [2.24, 2.45) is 0 Å². The zero-order valence-electron chi connectivity index (χ0n) is 9.79. The largest absolute Gasteiger partial charge is 0.504 e. The molecule has 0 aliphatic rings. The molecular formula is C14H10N2O3. The molecule has 5 nitrogen and oxygen atoms in total. The summed E-state index contributed by atoms with van der Waals surface area (Å²) in [6, 6.07) is 12.3. The molecule has 0 saturated heterocycles. The van der Waals surface area contributed by atoms with E-state index in [0.29, 0.717) is 11.3 Å². The Balaban J connectivity index is 2.26. The monoisotopic (exact) mass is 254 g/mol. The molecule has 94 valence electrons. The predicted molar refractivity (Wildman–Crippen MR) is 68.9 cm³/mol. The van der Waals surface area contributed by atoms with E-state index in [1.807, 2.05) is 6.07 Å². The summed E-state index contributed by atoms with van der Waals surface area (Å²) in [5.74, 6) is -1.15. The van der Waals surface area contributed by atoms with E-state index in [9.17, 15) is 15.0 Å². The van der Waals surface area contributed by atoms with Gasteiger partial charge in [0, 0.05) is 5.56 Å². The van der Waals surface area contributed by atoms with Gasteiger partial charge < -0.3 is 15.5 Å². The number of nitrogens with one attached hydrogen (secondary N) is 1. The highest BCUT2D eigenvalue weighted by Crippen LogP contribution is 2.25. The molecule has 0 fully saturated rings. The molecule has 0 saturated carbocycles. The Kier molecular flexibility index (Phi) is 3.35. The minimum absolute atomic E-state index is 0.183. The van der Waals surface area contributed by atoms with Crippen molar-refractivity contribution in [2.45, 2.75) is 0 Å². The van der Waals surface area contributed by atoms with Crippen LogP contribution in [0.5, 0.6) is 11.5 Å². The number of rotatable bonds is 2. The van der Waals surface area contributed by atoms with E-state index < -0.39 is 5.91 Å². The number of anilines is 1. The van der Waals surface area contributed by atoms with Crippen LogP contribution >= 0.6 is 0 Å². The van der Waals surface area contributed by atoms with E-state index in [2.05, 4.69) is 5.32 Å². The van der Waals surface area contributed by atoms with Crippen LogP contribution in [-0.2, 0) is 0 Å². The molecule has 0 atom stereocenters. The summed E-state index contributed by atoms with van der Waals surface area (Å²) < 4.78 is 0. The number of nitriles is 1. The van der Waals surface area contributed by atoms with Gasteiger partial charge in [0.15, 0.2) is 11.5 Å². The highest BCUT2D eigenvalue weighted by atomic mass is 16.3. The van der Waals surface area contributed by atoms with Crippen molar-refractivity contribution in [3.05, 3.63) is 53.6 Å². The van der Waals surface area contributed by atoms with E-state index >= 15 is 0 Å². The first kappa shape index (κ1) is 12.5. The predicted octanol–water partition coefficient (Wildman–Crippen LogP) is 2.22. The standard InChI is InChI=1S/C14H10N2O3/c15-8-10-3-1-2-4-11(10)16-14(19)9-5-6-12(17)13(18)7-9/h1-7,17-18H,(H,16,19). The van der Waals surface area contributed by atoms with Gasteiger partial charge in [-0.3, -0.25) is 4.79 Å². The molecule has 0 aliphatic carbocycles. The fourth-order valence-electron chi connectivity index (χ4n) is 1.55. The van der Waals surface area contributed by atoms with Crippen LogP contribution in [0.1, 0.15) is 15.9 Å². The van der Waals surface area contributed by atoms with Gasteiger partial charge in [-0.1, -0.05) is 12.1 Å². The second-order valence-corrected chi connectivity index (χ2v) is 3.82. The quantitative estimate of drug-likeness (QED) is 0.716. The van der Waals surface area contributed by atoms with Crippen LogP contribution in [0.15, 0.2) is 42.5 Å². The van der Waals surface area contributed by atoms with Gasteiger partial charge in [0.25, 0.3) is 5.91 Å². The Morgan fingerprint density at radius 2 is 1.84 bits per heavy atom. The van der Waals surface area contributed by atoms with E-state index in [1.54, 1.807) is 24.3 Å². The number of phenolic OH excluding ortho intramolecular Hbond substituents is 2.